The molecule has 0 bridgehead atoms. The van der Waals surface area contributed by atoms with Crippen LogP contribution in [0.2, 0.25) is 5.02 Å². The van der Waals surface area contributed by atoms with Gasteiger partial charge in [-0.2, -0.15) is 0 Å². The first-order valence-corrected chi connectivity index (χ1v) is 8.91. The minimum absolute atomic E-state index is 0.104. The Morgan fingerprint density at radius 3 is 2.60 bits per heavy atom. The first kappa shape index (κ1) is 17.7. The first-order chi connectivity index (χ1) is 12.0. The van der Waals surface area contributed by atoms with Crippen LogP contribution < -0.4 is 9.80 Å². The molecule has 1 aliphatic rings. The molecule has 1 N–H and O–H groups in total. The minimum atomic E-state index is -0.367. The second kappa shape index (κ2) is 7.42. The third-order valence-corrected chi connectivity index (χ3v) is 5.44. The number of nitro groups is 1. The molecule has 0 saturated carbocycles. The minimum Gasteiger partial charge on any atom is -0.360 e. The van der Waals surface area contributed by atoms with Crippen LogP contribution in [-0.2, 0) is 6.54 Å². The van der Waals surface area contributed by atoms with Crippen molar-refractivity contribution in [1.82, 2.24) is 0 Å². The van der Waals surface area contributed by atoms with Crippen molar-refractivity contribution in [3.63, 3.8) is 0 Å². The number of quaternary nitrogens is 1. The maximum absolute atomic E-state index is 11.0. The quantitative estimate of drug-likeness (QED) is 0.673. The predicted molar refractivity (Wildman–Crippen MR) is 101 cm³/mol. The van der Waals surface area contributed by atoms with Gasteiger partial charge in [-0.25, -0.2) is 0 Å². The van der Waals surface area contributed by atoms with E-state index in [1.165, 1.54) is 27.8 Å². The fourth-order valence-corrected chi connectivity index (χ4v) is 3.58. The van der Waals surface area contributed by atoms with Gasteiger partial charge in [0.25, 0.3) is 5.69 Å². The van der Waals surface area contributed by atoms with E-state index in [2.05, 4.69) is 36.9 Å². The summed E-state index contributed by atoms with van der Waals surface area (Å²) in [4.78, 5) is 14.4. The van der Waals surface area contributed by atoms with Crippen molar-refractivity contribution < 1.29 is 9.82 Å². The lowest BCUT2D eigenvalue weighted by Crippen LogP contribution is -3.13. The van der Waals surface area contributed by atoms with Gasteiger partial charge in [0.15, 0.2) is 0 Å². The number of benzene rings is 2. The standard InChI is InChI=1S/C19H22ClN3O2/c1-14-4-3-5-19(15(14)2)22-10-8-21(9-11-22)13-16-12-17(23(24)25)6-7-18(16)20/h3-7,12H,8-11,13H2,1-2H3/p+1. The second-order valence-electron chi connectivity index (χ2n) is 6.67. The number of nitrogens with one attached hydrogen (secondary N) is 1. The van der Waals surface area contributed by atoms with E-state index in [1.54, 1.807) is 12.1 Å². The molecule has 6 heteroatoms. The highest BCUT2D eigenvalue weighted by Crippen LogP contribution is 2.23. The molecule has 132 valence electrons. The summed E-state index contributed by atoms with van der Waals surface area (Å²) >= 11 is 6.24. The van der Waals surface area contributed by atoms with E-state index >= 15 is 0 Å². The zero-order chi connectivity index (χ0) is 18.0. The highest BCUT2D eigenvalue weighted by molar-refractivity contribution is 6.31. The van der Waals surface area contributed by atoms with Gasteiger partial charge in [0.1, 0.15) is 6.54 Å². The summed E-state index contributed by atoms with van der Waals surface area (Å²) in [7, 11) is 0. The third kappa shape index (κ3) is 3.94. The van der Waals surface area contributed by atoms with E-state index in [4.69, 9.17) is 11.6 Å². The summed E-state index contributed by atoms with van der Waals surface area (Å²) in [5.41, 5.74) is 4.93. The Labute approximate surface area is 153 Å². The average molecular weight is 361 g/mol. The monoisotopic (exact) mass is 360 g/mol. The Morgan fingerprint density at radius 2 is 1.92 bits per heavy atom. The van der Waals surface area contributed by atoms with Crippen molar-refractivity contribution in [3.05, 3.63) is 68.2 Å². The van der Waals surface area contributed by atoms with Gasteiger partial charge in [-0.1, -0.05) is 23.7 Å². The van der Waals surface area contributed by atoms with Crippen LogP contribution in [0.4, 0.5) is 11.4 Å². The molecule has 0 aromatic heterocycles. The van der Waals surface area contributed by atoms with Gasteiger partial charge in [-0.3, -0.25) is 10.1 Å². The summed E-state index contributed by atoms with van der Waals surface area (Å²) in [5.74, 6) is 0. The van der Waals surface area contributed by atoms with Crippen LogP contribution in [0, 0.1) is 24.0 Å². The smallest absolute Gasteiger partial charge is 0.270 e. The number of anilines is 1. The normalized spacial score (nSPS) is 15.4. The Bertz CT molecular complexity index is 786. The number of non-ortho nitro benzene ring substituents is 1. The van der Waals surface area contributed by atoms with Crippen molar-refractivity contribution in [2.45, 2.75) is 20.4 Å². The van der Waals surface area contributed by atoms with E-state index in [0.29, 0.717) is 5.02 Å². The SMILES string of the molecule is Cc1cccc(N2CC[NH+](Cc3cc([N+](=O)[O-])ccc3Cl)CC2)c1C. The lowest BCUT2D eigenvalue weighted by atomic mass is 10.1. The van der Waals surface area contributed by atoms with Gasteiger partial charge in [0.05, 0.1) is 31.1 Å². The van der Waals surface area contributed by atoms with E-state index in [0.717, 1.165) is 38.3 Å². The van der Waals surface area contributed by atoms with Gasteiger partial charge < -0.3 is 9.80 Å². The molecule has 0 atom stereocenters. The molecule has 2 aromatic rings. The zero-order valence-corrected chi connectivity index (χ0v) is 15.3. The Balaban J connectivity index is 1.66. The third-order valence-electron chi connectivity index (χ3n) is 5.07. The Hall–Kier alpha value is -2.11. The topological polar surface area (TPSA) is 50.8 Å². The predicted octanol–water partition coefficient (Wildman–Crippen LogP) is 2.77. The van der Waals surface area contributed by atoms with Gasteiger partial charge in [0, 0.05) is 28.4 Å². The van der Waals surface area contributed by atoms with Crippen LogP contribution in [0.25, 0.3) is 0 Å². The number of nitrogens with zero attached hydrogens (tertiary/aromatic N) is 2. The van der Waals surface area contributed by atoms with Crippen molar-refractivity contribution in [1.29, 1.82) is 0 Å². The average Bonchev–Trinajstić information content (AvgIpc) is 2.60. The summed E-state index contributed by atoms with van der Waals surface area (Å²) in [6, 6.07) is 11.1. The molecule has 5 nitrogen and oxygen atoms in total. The van der Waals surface area contributed by atoms with Gasteiger partial charge in [-0.05, 0) is 37.1 Å². The molecular formula is C19H23ClN3O2+. The van der Waals surface area contributed by atoms with Crippen LogP contribution in [-0.4, -0.2) is 31.1 Å². The van der Waals surface area contributed by atoms with Crippen molar-refractivity contribution in [2.75, 3.05) is 31.1 Å². The molecule has 0 unspecified atom stereocenters. The van der Waals surface area contributed by atoms with Crippen molar-refractivity contribution in [3.8, 4) is 0 Å². The van der Waals surface area contributed by atoms with E-state index in [1.807, 2.05) is 0 Å². The molecule has 0 amide bonds. The molecule has 0 spiro atoms. The Kier molecular flexibility index (Phi) is 5.25. The number of nitro benzene ring substituents is 1. The largest absolute Gasteiger partial charge is 0.360 e. The molecule has 2 aromatic carbocycles. The molecule has 1 heterocycles. The number of hydrogen-bond donors (Lipinski definition) is 1. The van der Waals surface area contributed by atoms with E-state index in [-0.39, 0.29) is 10.6 Å². The number of halogens is 1. The zero-order valence-electron chi connectivity index (χ0n) is 14.6. The van der Waals surface area contributed by atoms with Gasteiger partial charge in [0.2, 0.25) is 0 Å². The maximum atomic E-state index is 11.0. The molecule has 3 rings (SSSR count). The summed E-state index contributed by atoms with van der Waals surface area (Å²) < 4.78 is 0. The van der Waals surface area contributed by atoms with Crippen LogP contribution in [0.3, 0.4) is 0 Å². The molecule has 1 aliphatic heterocycles. The number of hydrogen-bond acceptors (Lipinski definition) is 3. The Morgan fingerprint density at radius 1 is 1.20 bits per heavy atom. The molecule has 0 aliphatic carbocycles. The molecule has 25 heavy (non-hydrogen) atoms. The molecule has 0 radical (unpaired) electrons. The summed E-state index contributed by atoms with van der Waals surface area (Å²) in [6.45, 7) is 8.98. The fraction of sp³-hybridized carbons (Fsp3) is 0.368. The second-order valence-corrected chi connectivity index (χ2v) is 7.07. The first-order valence-electron chi connectivity index (χ1n) is 8.53. The molecule has 1 fully saturated rings. The van der Waals surface area contributed by atoms with Gasteiger partial charge >= 0.3 is 0 Å². The van der Waals surface area contributed by atoms with Crippen LogP contribution in [0.15, 0.2) is 36.4 Å². The van der Waals surface area contributed by atoms with E-state index < -0.39 is 0 Å². The summed E-state index contributed by atoms with van der Waals surface area (Å²) in [6.07, 6.45) is 0. The van der Waals surface area contributed by atoms with Crippen LogP contribution >= 0.6 is 11.6 Å². The van der Waals surface area contributed by atoms with Crippen LogP contribution in [0.5, 0.6) is 0 Å². The van der Waals surface area contributed by atoms with Gasteiger partial charge in [-0.15, -0.1) is 0 Å². The van der Waals surface area contributed by atoms with E-state index in [9.17, 15) is 10.1 Å². The fourth-order valence-electron chi connectivity index (χ4n) is 3.40. The van der Waals surface area contributed by atoms with Crippen molar-refractivity contribution in [2.24, 2.45) is 0 Å². The highest BCUT2D eigenvalue weighted by Gasteiger charge is 2.23. The lowest BCUT2D eigenvalue weighted by molar-refractivity contribution is -0.914. The number of rotatable bonds is 4. The number of aryl methyl sites for hydroxylation is 1. The molecule has 1 saturated heterocycles. The van der Waals surface area contributed by atoms with Crippen LogP contribution in [0.1, 0.15) is 16.7 Å². The molecular weight excluding hydrogens is 338 g/mol. The van der Waals surface area contributed by atoms with Crippen molar-refractivity contribution >= 4 is 23.0 Å². The highest BCUT2D eigenvalue weighted by atomic mass is 35.5. The summed E-state index contributed by atoms with van der Waals surface area (Å²) in [5, 5.41) is 11.6. The lowest BCUT2D eigenvalue weighted by Gasteiger charge is -2.34. The number of piperazine rings is 1. The maximum Gasteiger partial charge on any atom is 0.270 e.